The molecule has 1 unspecified atom stereocenters. The third kappa shape index (κ3) is 1.89. The fourth-order valence-electron chi connectivity index (χ4n) is 1.44. The van der Waals surface area contributed by atoms with Gasteiger partial charge in [0, 0.05) is 29.9 Å². The highest BCUT2D eigenvalue weighted by molar-refractivity contribution is 6.30. The molecule has 1 atom stereocenters. The quantitative estimate of drug-likeness (QED) is 0.821. The molecule has 3 nitrogen and oxygen atoms in total. The van der Waals surface area contributed by atoms with E-state index in [1.165, 1.54) is 0 Å². The van der Waals surface area contributed by atoms with Crippen molar-refractivity contribution in [2.45, 2.75) is 19.4 Å². The third-order valence-electron chi connectivity index (χ3n) is 2.00. The zero-order valence-corrected chi connectivity index (χ0v) is 8.70. The Morgan fingerprint density at radius 2 is 2.43 bits per heavy atom. The van der Waals surface area contributed by atoms with Gasteiger partial charge in [0.2, 0.25) is 0 Å². The highest BCUT2D eigenvalue weighted by atomic mass is 35.5. The summed E-state index contributed by atoms with van der Waals surface area (Å²) in [5.41, 5.74) is 7.57. The summed E-state index contributed by atoms with van der Waals surface area (Å²) in [6, 6.07) is 3.81. The molecular formula is C10H12ClN3. The van der Waals surface area contributed by atoms with Crippen LogP contribution in [0, 0.1) is 0 Å². The second-order valence-electron chi connectivity index (χ2n) is 3.52. The number of aromatic nitrogens is 2. The lowest BCUT2D eigenvalue weighted by atomic mass is 10.2. The second kappa shape index (κ2) is 3.59. The Balaban J connectivity index is 2.41. The van der Waals surface area contributed by atoms with Crippen molar-refractivity contribution >= 4 is 17.2 Å². The van der Waals surface area contributed by atoms with E-state index in [-0.39, 0.29) is 6.04 Å². The number of halogens is 1. The standard InChI is InChI=1S/C10H12ClN3/c1-7(12)4-9-6-14-3-2-8(11)5-10(14)13-9/h2-3,5-7H,4,12H2,1H3. The molecule has 2 aromatic rings. The summed E-state index contributed by atoms with van der Waals surface area (Å²) in [6.07, 6.45) is 4.67. The molecule has 2 aromatic heterocycles. The van der Waals surface area contributed by atoms with Crippen LogP contribution in [0.2, 0.25) is 5.02 Å². The predicted octanol–water partition coefficient (Wildman–Crippen LogP) is 1.88. The molecule has 2 N–H and O–H groups in total. The van der Waals surface area contributed by atoms with Crippen molar-refractivity contribution < 1.29 is 0 Å². The van der Waals surface area contributed by atoms with Crippen LogP contribution in [0.25, 0.3) is 5.65 Å². The van der Waals surface area contributed by atoms with Crippen LogP contribution in [0.5, 0.6) is 0 Å². The number of hydrogen-bond acceptors (Lipinski definition) is 2. The van der Waals surface area contributed by atoms with E-state index in [2.05, 4.69) is 4.98 Å². The minimum absolute atomic E-state index is 0.135. The summed E-state index contributed by atoms with van der Waals surface area (Å²) in [5.74, 6) is 0. The largest absolute Gasteiger partial charge is 0.328 e. The van der Waals surface area contributed by atoms with Gasteiger partial charge in [0.1, 0.15) is 5.65 Å². The minimum atomic E-state index is 0.135. The van der Waals surface area contributed by atoms with Gasteiger partial charge in [-0.3, -0.25) is 0 Å². The first-order valence-corrected chi connectivity index (χ1v) is 4.91. The first kappa shape index (κ1) is 9.49. The van der Waals surface area contributed by atoms with Crippen molar-refractivity contribution in [2.75, 3.05) is 0 Å². The number of pyridine rings is 1. The fraction of sp³-hybridized carbons (Fsp3) is 0.300. The maximum absolute atomic E-state index is 5.86. The molecule has 0 saturated heterocycles. The maximum Gasteiger partial charge on any atom is 0.138 e. The Hall–Kier alpha value is -1.06. The second-order valence-corrected chi connectivity index (χ2v) is 3.96. The van der Waals surface area contributed by atoms with Gasteiger partial charge in [-0.2, -0.15) is 0 Å². The van der Waals surface area contributed by atoms with E-state index >= 15 is 0 Å². The van der Waals surface area contributed by atoms with Crippen molar-refractivity contribution in [1.29, 1.82) is 0 Å². The lowest BCUT2D eigenvalue weighted by Crippen LogP contribution is -2.17. The van der Waals surface area contributed by atoms with E-state index in [4.69, 9.17) is 17.3 Å². The van der Waals surface area contributed by atoms with Crippen LogP contribution in [0.4, 0.5) is 0 Å². The van der Waals surface area contributed by atoms with Crippen LogP contribution in [-0.4, -0.2) is 15.4 Å². The summed E-state index contributed by atoms with van der Waals surface area (Å²) in [5, 5.41) is 0.704. The van der Waals surface area contributed by atoms with E-state index in [9.17, 15) is 0 Å². The summed E-state index contributed by atoms with van der Waals surface area (Å²) in [6.45, 7) is 1.97. The van der Waals surface area contributed by atoms with Crippen molar-refractivity contribution in [3.05, 3.63) is 35.2 Å². The number of nitrogens with two attached hydrogens (primary N) is 1. The molecule has 0 aliphatic heterocycles. The van der Waals surface area contributed by atoms with Gasteiger partial charge in [-0.05, 0) is 19.1 Å². The molecule has 0 spiro atoms. The normalized spacial score (nSPS) is 13.4. The number of fused-ring (bicyclic) bond motifs is 1. The zero-order valence-electron chi connectivity index (χ0n) is 7.94. The van der Waals surface area contributed by atoms with Gasteiger partial charge in [-0.1, -0.05) is 11.6 Å². The van der Waals surface area contributed by atoms with Crippen LogP contribution in [-0.2, 0) is 6.42 Å². The van der Waals surface area contributed by atoms with Crippen molar-refractivity contribution in [3.63, 3.8) is 0 Å². The van der Waals surface area contributed by atoms with E-state index in [1.54, 1.807) is 0 Å². The number of hydrogen-bond donors (Lipinski definition) is 1. The average Bonchev–Trinajstić information content (AvgIpc) is 2.44. The monoisotopic (exact) mass is 209 g/mol. The summed E-state index contributed by atoms with van der Waals surface area (Å²) >= 11 is 5.86. The Kier molecular flexibility index (Phi) is 2.44. The highest BCUT2D eigenvalue weighted by Gasteiger charge is 2.03. The van der Waals surface area contributed by atoms with Crippen LogP contribution in [0.1, 0.15) is 12.6 Å². The Morgan fingerprint density at radius 1 is 1.64 bits per heavy atom. The lowest BCUT2D eigenvalue weighted by molar-refractivity contribution is 0.726. The molecule has 14 heavy (non-hydrogen) atoms. The molecule has 4 heteroatoms. The number of rotatable bonds is 2. The van der Waals surface area contributed by atoms with Crippen molar-refractivity contribution in [3.8, 4) is 0 Å². The van der Waals surface area contributed by atoms with Gasteiger partial charge < -0.3 is 10.1 Å². The van der Waals surface area contributed by atoms with Gasteiger partial charge in [-0.15, -0.1) is 0 Å². The Bertz CT molecular complexity index is 448. The van der Waals surface area contributed by atoms with Crippen molar-refractivity contribution in [1.82, 2.24) is 9.38 Å². The molecule has 0 saturated carbocycles. The number of nitrogens with zero attached hydrogens (tertiary/aromatic N) is 2. The minimum Gasteiger partial charge on any atom is -0.328 e. The summed E-state index contributed by atoms with van der Waals surface area (Å²) < 4.78 is 1.95. The molecule has 74 valence electrons. The van der Waals surface area contributed by atoms with E-state index < -0.39 is 0 Å². The van der Waals surface area contributed by atoms with Crippen LogP contribution in [0.3, 0.4) is 0 Å². The third-order valence-corrected chi connectivity index (χ3v) is 2.24. The Morgan fingerprint density at radius 3 is 3.14 bits per heavy atom. The molecule has 0 amide bonds. The zero-order chi connectivity index (χ0) is 10.1. The molecule has 2 rings (SSSR count). The lowest BCUT2D eigenvalue weighted by Gasteiger charge is -1.98. The van der Waals surface area contributed by atoms with Crippen molar-refractivity contribution in [2.24, 2.45) is 5.73 Å². The van der Waals surface area contributed by atoms with E-state index in [0.717, 1.165) is 17.8 Å². The van der Waals surface area contributed by atoms with Gasteiger partial charge in [0.25, 0.3) is 0 Å². The first-order valence-electron chi connectivity index (χ1n) is 4.54. The topological polar surface area (TPSA) is 43.3 Å². The molecule has 2 heterocycles. The average molecular weight is 210 g/mol. The van der Waals surface area contributed by atoms with E-state index in [0.29, 0.717) is 5.02 Å². The SMILES string of the molecule is CC(N)Cc1cn2ccc(Cl)cc2n1. The Labute approximate surface area is 87.5 Å². The molecule has 0 bridgehead atoms. The van der Waals surface area contributed by atoms with Crippen LogP contribution >= 0.6 is 11.6 Å². The maximum atomic E-state index is 5.86. The van der Waals surface area contributed by atoms with Gasteiger partial charge >= 0.3 is 0 Å². The summed E-state index contributed by atoms with van der Waals surface area (Å²) in [7, 11) is 0. The van der Waals surface area contributed by atoms with Gasteiger partial charge in [0.05, 0.1) is 5.69 Å². The van der Waals surface area contributed by atoms with E-state index in [1.807, 2.05) is 35.9 Å². The highest BCUT2D eigenvalue weighted by Crippen LogP contribution is 2.12. The van der Waals surface area contributed by atoms with Crippen LogP contribution in [0.15, 0.2) is 24.5 Å². The van der Waals surface area contributed by atoms with Gasteiger partial charge in [-0.25, -0.2) is 4.98 Å². The summed E-state index contributed by atoms with van der Waals surface area (Å²) in [4.78, 5) is 4.41. The molecule has 0 aliphatic rings. The first-order chi connectivity index (χ1) is 6.65. The number of imidazole rings is 1. The molecule has 0 aliphatic carbocycles. The molecule has 0 fully saturated rings. The smallest absolute Gasteiger partial charge is 0.138 e. The fourth-order valence-corrected chi connectivity index (χ4v) is 1.59. The van der Waals surface area contributed by atoms with Crippen LogP contribution < -0.4 is 5.73 Å². The molecule has 0 radical (unpaired) electrons. The van der Waals surface area contributed by atoms with Gasteiger partial charge in [0.15, 0.2) is 0 Å². The predicted molar refractivity (Wildman–Crippen MR) is 57.6 cm³/mol. The molecular weight excluding hydrogens is 198 g/mol. The molecule has 0 aromatic carbocycles.